The third-order valence-electron chi connectivity index (χ3n) is 1.90. The molecule has 1 aliphatic rings. The van der Waals surface area contributed by atoms with E-state index in [1.807, 2.05) is 0 Å². The summed E-state index contributed by atoms with van der Waals surface area (Å²) in [5.41, 5.74) is -0.0341. The van der Waals surface area contributed by atoms with Crippen LogP contribution in [0.15, 0.2) is 24.3 Å². The highest BCUT2D eigenvalue weighted by Gasteiger charge is 2.25. The number of epoxide rings is 1. The Balaban J connectivity index is 1.98. The first-order valence-corrected chi connectivity index (χ1v) is 4.30. The highest BCUT2D eigenvalue weighted by molar-refractivity contribution is 5.89. The average molecular weight is 196 g/mol. The minimum atomic E-state index is -0.640. The number of benzene rings is 1. The molecule has 0 aromatic heterocycles. The maximum absolute atomic E-state index is 13.0. The van der Waals surface area contributed by atoms with Crippen molar-refractivity contribution >= 4 is 5.97 Å². The molecular weight excluding hydrogens is 187 g/mol. The lowest BCUT2D eigenvalue weighted by Gasteiger charge is -2.02. The third kappa shape index (κ3) is 2.09. The van der Waals surface area contributed by atoms with E-state index in [1.165, 1.54) is 18.2 Å². The topological polar surface area (TPSA) is 38.8 Å². The molecule has 0 radical (unpaired) electrons. The Morgan fingerprint density at radius 2 is 2.29 bits per heavy atom. The molecule has 0 saturated carbocycles. The number of hydrogen-bond acceptors (Lipinski definition) is 3. The van der Waals surface area contributed by atoms with Crippen LogP contribution in [0.5, 0.6) is 0 Å². The van der Waals surface area contributed by atoms with E-state index in [1.54, 1.807) is 6.07 Å². The lowest BCUT2D eigenvalue weighted by molar-refractivity contribution is 0.0471. The quantitative estimate of drug-likeness (QED) is 0.541. The summed E-state index contributed by atoms with van der Waals surface area (Å²) in [5.74, 6) is -1.20. The molecule has 1 aliphatic heterocycles. The first-order chi connectivity index (χ1) is 6.77. The van der Waals surface area contributed by atoms with Gasteiger partial charge in [-0.25, -0.2) is 9.18 Å². The van der Waals surface area contributed by atoms with Crippen molar-refractivity contribution in [2.45, 2.75) is 6.10 Å². The SMILES string of the molecule is O=C(OCC1CO1)c1ccccc1F. The number of carbonyl (C=O) groups excluding carboxylic acids is 1. The summed E-state index contributed by atoms with van der Waals surface area (Å²) in [6.07, 6.45) is 0.00530. The molecule has 1 aromatic carbocycles. The van der Waals surface area contributed by atoms with Gasteiger partial charge in [-0.3, -0.25) is 0 Å². The Morgan fingerprint density at radius 3 is 2.93 bits per heavy atom. The molecule has 74 valence electrons. The van der Waals surface area contributed by atoms with Gasteiger partial charge in [-0.05, 0) is 12.1 Å². The smallest absolute Gasteiger partial charge is 0.341 e. The highest BCUT2D eigenvalue weighted by Crippen LogP contribution is 2.12. The van der Waals surface area contributed by atoms with Crippen LogP contribution in [0.3, 0.4) is 0 Å². The van der Waals surface area contributed by atoms with E-state index in [2.05, 4.69) is 0 Å². The van der Waals surface area contributed by atoms with Gasteiger partial charge >= 0.3 is 5.97 Å². The van der Waals surface area contributed by atoms with Gasteiger partial charge in [0.15, 0.2) is 0 Å². The Labute approximate surface area is 80.4 Å². The number of esters is 1. The van der Waals surface area contributed by atoms with E-state index < -0.39 is 11.8 Å². The zero-order valence-electron chi connectivity index (χ0n) is 7.40. The molecule has 1 heterocycles. The second kappa shape index (κ2) is 3.75. The van der Waals surface area contributed by atoms with Crippen LogP contribution >= 0.6 is 0 Å². The molecule has 1 unspecified atom stereocenters. The molecule has 1 saturated heterocycles. The number of halogens is 1. The van der Waals surface area contributed by atoms with Crippen LogP contribution < -0.4 is 0 Å². The molecule has 0 aliphatic carbocycles. The lowest BCUT2D eigenvalue weighted by Crippen LogP contribution is -2.11. The van der Waals surface area contributed by atoms with Crippen LogP contribution in [-0.2, 0) is 9.47 Å². The molecule has 4 heteroatoms. The van der Waals surface area contributed by atoms with Gasteiger partial charge in [0.1, 0.15) is 18.5 Å². The number of carbonyl (C=O) groups is 1. The zero-order chi connectivity index (χ0) is 9.97. The van der Waals surface area contributed by atoms with E-state index in [9.17, 15) is 9.18 Å². The average Bonchev–Trinajstić information content (AvgIpc) is 2.98. The molecule has 2 rings (SSSR count). The van der Waals surface area contributed by atoms with Crippen LogP contribution in [0.4, 0.5) is 4.39 Å². The van der Waals surface area contributed by atoms with Gasteiger partial charge < -0.3 is 9.47 Å². The summed E-state index contributed by atoms with van der Waals surface area (Å²) in [6, 6.07) is 5.74. The number of rotatable bonds is 3. The summed E-state index contributed by atoms with van der Waals surface area (Å²) in [6.45, 7) is 0.817. The highest BCUT2D eigenvalue weighted by atomic mass is 19.1. The van der Waals surface area contributed by atoms with Gasteiger partial charge in [-0.2, -0.15) is 0 Å². The molecule has 1 atom stereocenters. The van der Waals surface area contributed by atoms with Crippen molar-refractivity contribution in [1.29, 1.82) is 0 Å². The second-order valence-corrected chi connectivity index (χ2v) is 3.03. The first-order valence-electron chi connectivity index (χ1n) is 4.30. The standard InChI is InChI=1S/C10H9FO3/c11-9-4-2-1-3-8(9)10(12)14-6-7-5-13-7/h1-4,7H,5-6H2. The molecule has 1 aromatic rings. The predicted molar refractivity (Wildman–Crippen MR) is 46.4 cm³/mol. The summed E-state index contributed by atoms with van der Waals surface area (Å²) in [7, 11) is 0. The van der Waals surface area contributed by atoms with Gasteiger partial charge in [0.25, 0.3) is 0 Å². The largest absolute Gasteiger partial charge is 0.459 e. The van der Waals surface area contributed by atoms with Crippen LogP contribution in [0.2, 0.25) is 0 Å². The minimum absolute atomic E-state index is 0.00530. The van der Waals surface area contributed by atoms with E-state index in [-0.39, 0.29) is 18.3 Å². The normalized spacial score (nSPS) is 19.1. The molecule has 0 amide bonds. The summed E-state index contributed by atoms with van der Waals surface area (Å²) in [5, 5.41) is 0. The minimum Gasteiger partial charge on any atom is -0.459 e. The molecule has 1 fully saturated rings. The van der Waals surface area contributed by atoms with Gasteiger partial charge in [0, 0.05) is 0 Å². The zero-order valence-corrected chi connectivity index (χ0v) is 7.40. The molecule has 0 spiro atoms. The molecule has 3 nitrogen and oxygen atoms in total. The fourth-order valence-corrected chi connectivity index (χ4v) is 1.04. The number of ether oxygens (including phenoxy) is 2. The number of hydrogen-bond donors (Lipinski definition) is 0. The first kappa shape index (κ1) is 9.15. The van der Waals surface area contributed by atoms with Crippen LogP contribution in [0, 0.1) is 5.82 Å². The van der Waals surface area contributed by atoms with Gasteiger partial charge in [0.05, 0.1) is 12.2 Å². The molecular formula is C10H9FO3. The second-order valence-electron chi connectivity index (χ2n) is 3.03. The van der Waals surface area contributed by atoms with Crippen molar-refractivity contribution in [1.82, 2.24) is 0 Å². The van der Waals surface area contributed by atoms with E-state index in [0.717, 1.165) is 0 Å². The Hall–Kier alpha value is -1.42. The van der Waals surface area contributed by atoms with Gasteiger partial charge in [-0.15, -0.1) is 0 Å². The maximum atomic E-state index is 13.0. The monoisotopic (exact) mass is 196 g/mol. The van der Waals surface area contributed by atoms with Crippen molar-refractivity contribution in [3.8, 4) is 0 Å². The fourth-order valence-electron chi connectivity index (χ4n) is 1.04. The summed E-state index contributed by atoms with van der Waals surface area (Å²) < 4.78 is 22.7. The fraction of sp³-hybridized carbons (Fsp3) is 0.300. The summed E-state index contributed by atoms with van der Waals surface area (Å²) >= 11 is 0. The van der Waals surface area contributed by atoms with Crippen molar-refractivity contribution in [3.63, 3.8) is 0 Å². The van der Waals surface area contributed by atoms with E-state index in [0.29, 0.717) is 6.61 Å². The molecule has 14 heavy (non-hydrogen) atoms. The Bertz CT molecular complexity index is 347. The van der Waals surface area contributed by atoms with Gasteiger partial charge in [-0.1, -0.05) is 12.1 Å². The maximum Gasteiger partial charge on any atom is 0.341 e. The van der Waals surface area contributed by atoms with Crippen molar-refractivity contribution in [2.75, 3.05) is 13.2 Å². The van der Waals surface area contributed by atoms with Crippen molar-refractivity contribution in [3.05, 3.63) is 35.6 Å². The lowest BCUT2D eigenvalue weighted by atomic mass is 10.2. The van der Waals surface area contributed by atoms with Crippen LogP contribution in [0.1, 0.15) is 10.4 Å². The molecule has 0 bridgehead atoms. The Kier molecular flexibility index (Phi) is 2.45. The third-order valence-corrected chi connectivity index (χ3v) is 1.90. The van der Waals surface area contributed by atoms with E-state index in [4.69, 9.17) is 9.47 Å². The van der Waals surface area contributed by atoms with Gasteiger partial charge in [0.2, 0.25) is 0 Å². The van der Waals surface area contributed by atoms with Crippen molar-refractivity contribution in [2.24, 2.45) is 0 Å². The predicted octanol–water partition coefficient (Wildman–Crippen LogP) is 1.38. The summed E-state index contributed by atoms with van der Waals surface area (Å²) in [4.78, 5) is 11.3. The van der Waals surface area contributed by atoms with E-state index >= 15 is 0 Å². The van der Waals surface area contributed by atoms with Crippen LogP contribution in [-0.4, -0.2) is 25.3 Å². The molecule has 0 N–H and O–H groups in total. The van der Waals surface area contributed by atoms with Crippen molar-refractivity contribution < 1.29 is 18.7 Å². The van der Waals surface area contributed by atoms with Crippen LogP contribution in [0.25, 0.3) is 0 Å². The Morgan fingerprint density at radius 1 is 1.57 bits per heavy atom.